The zero-order chi connectivity index (χ0) is 14.9. The first-order valence-corrected chi connectivity index (χ1v) is 7.55. The lowest BCUT2D eigenvalue weighted by molar-refractivity contribution is -0.0816. The lowest BCUT2D eigenvalue weighted by Gasteiger charge is -2.42. The lowest BCUT2D eigenvalue weighted by Crippen LogP contribution is -2.41. The normalized spacial score (nSPS) is 18.2. The van der Waals surface area contributed by atoms with Gasteiger partial charge in [-0.3, -0.25) is 0 Å². The van der Waals surface area contributed by atoms with Gasteiger partial charge in [-0.2, -0.15) is 0 Å². The molecule has 3 heteroatoms. The molecule has 21 heavy (non-hydrogen) atoms. The molecule has 0 amide bonds. The highest BCUT2D eigenvalue weighted by Crippen LogP contribution is 2.42. The van der Waals surface area contributed by atoms with E-state index in [-0.39, 0.29) is 11.6 Å². The number of benzene rings is 2. The van der Waals surface area contributed by atoms with Crippen molar-refractivity contribution >= 4 is 10.8 Å². The first-order chi connectivity index (χ1) is 10.2. The van der Waals surface area contributed by atoms with Gasteiger partial charge in [-0.15, -0.1) is 0 Å². The van der Waals surface area contributed by atoms with E-state index >= 15 is 0 Å². The van der Waals surface area contributed by atoms with Gasteiger partial charge in [0.2, 0.25) is 0 Å². The molecule has 1 unspecified atom stereocenters. The molecule has 1 fully saturated rings. The van der Waals surface area contributed by atoms with Crippen molar-refractivity contribution in [1.29, 1.82) is 0 Å². The second-order valence-corrected chi connectivity index (χ2v) is 5.95. The number of hydrogen-bond donors (Lipinski definition) is 1. The minimum Gasteiger partial charge on any atom is -0.496 e. The molecule has 2 aromatic rings. The minimum absolute atomic E-state index is 0.0129. The van der Waals surface area contributed by atoms with E-state index in [1.807, 2.05) is 18.2 Å². The van der Waals surface area contributed by atoms with Crippen LogP contribution in [0.15, 0.2) is 36.4 Å². The Kier molecular flexibility index (Phi) is 3.87. The molecule has 0 radical (unpaired) electrons. The number of methoxy groups -OCH3 is 2. The molecule has 0 aromatic heterocycles. The predicted octanol–water partition coefficient (Wildman–Crippen LogP) is 3.81. The standard InChI is InChI=1S/C18H23NO2/c1-20-17-9-8-14(13-6-3-4-7-15(13)17)16(19)12-18(21-2)10-5-11-18/h3-4,6-9,16H,5,10-12,19H2,1-2H3. The fourth-order valence-electron chi connectivity index (χ4n) is 3.37. The Bertz CT molecular complexity index is 629. The maximum absolute atomic E-state index is 6.50. The smallest absolute Gasteiger partial charge is 0.126 e. The summed E-state index contributed by atoms with van der Waals surface area (Å²) in [6, 6.07) is 12.4. The highest BCUT2D eigenvalue weighted by molar-refractivity contribution is 5.91. The zero-order valence-corrected chi connectivity index (χ0v) is 12.8. The molecule has 2 N–H and O–H groups in total. The molecule has 2 aromatic carbocycles. The monoisotopic (exact) mass is 285 g/mol. The molecule has 3 nitrogen and oxygen atoms in total. The molecule has 1 saturated carbocycles. The maximum atomic E-state index is 6.50. The molecule has 0 spiro atoms. The van der Waals surface area contributed by atoms with E-state index in [1.54, 1.807) is 14.2 Å². The third kappa shape index (κ3) is 2.52. The van der Waals surface area contributed by atoms with Gasteiger partial charge in [0, 0.05) is 18.5 Å². The van der Waals surface area contributed by atoms with Crippen molar-refractivity contribution in [2.75, 3.05) is 14.2 Å². The van der Waals surface area contributed by atoms with Gasteiger partial charge in [0.25, 0.3) is 0 Å². The van der Waals surface area contributed by atoms with Gasteiger partial charge in [0.15, 0.2) is 0 Å². The average Bonchev–Trinajstić information content (AvgIpc) is 2.49. The molecule has 1 aliphatic rings. The van der Waals surface area contributed by atoms with Crippen molar-refractivity contribution in [2.45, 2.75) is 37.3 Å². The Hall–Kier alpha value is -1.58. The number of fused-ring (bicyclic) bond motifs is 1. The quantitative estimate of drug-likeness (QED) is 0.908. The van der Waals surface area contributed by atoms with E-state index in [0.717, 1.165) is 30.4 Å². The first-order valence-electron chi connectivity index (χ1n) is 7.55. The van der Waals surface area contributed by atoms with E-state index in [4.69, 9.17) is 15.2 Å². The Balaban J connectivity index is 1.96. The summed E-state index contributed by atoms with van der Waals surface area (Å²) in [6.07, 6.45) is 4.35. The molecular weight excluding hydrogens is 262 g/mol. The summed E-state index contributed by atoms with van der Waals surface area (Å²) in [5, 5.41) is 2.29. The Labute approximate surface area is 126 Å². The van der Waals surface area contributed by atoms with Gasteiger partial charge in [-0.05, 0) is 42.7 Å². The van der Waals surface area contributed by atoms with Crippen LogP contribution < -0.4 is 10.5 Å². The van der Waals surface area contributed by atoms with Crippen LogP contribution in [0.3, 0.4) is 0 Å². The highest BCUT2D eigenvalue weighted by Gasteiger charge is 2.38. The van der Waals surface area contributed by atoms with Crippen LogP contribution in [0.25, 0.3) is 10.8 Å². The van der Waals surface area contributed by atoms with Gasteiger partial charge in [-0.1, -0.05) is 30.3 Å². The van der Waals surface area contributed by atoms with Crippen molar-refractivity contribution in [1.82, 2.24) is 0 Å². The molecule has 0 bridgehead atoms. The van der Waals surface area contributed by atoms with Crippen LogP contribution in [0.4, 0.5) is 0 Å². The first kappa shape index (κ1) is 14.4. The topological polar surface area (TPSA) is 44.5 Å². The summed E-state index contributed by atoms with van der Waals surface area (Å²) in [5.41, 5.74) is 7.67. The van der Waals surface area contributed by atoms with Crippen LogP contribution in [-0.2, 0) is 4.74 Å². The van der Waals surface area contributed by atoms with E-state index in [2.05, 4.69) is 18.2 Å². The Morgan fingerprint density at radius 1 is 1.10 bits per heavy atom. The van der Waals surface area contributed by atoms with Crippen LogP contribution in [-0.4, -0.2) is 19.8 Å². The number of ether oxygens (including phenoxy) is 2. The fourth-order valence-corrected chi connectivity index (χ4v) is 3.37. The van der Waals surface area contributed by atoms with Gasteiger partial charge >= 0.3 is 0 Å². The summed E-state index contributed by atoms with van der Waals surface area (Å²) in [7, 11) is 3.51. The summed E-state index contributed by atoms with van der Waals surface area (Å²) in [5.74, 6) is 0.895. The number of nitrogens with two attached hydrogens (primary N) is 1. The average molecular weight is 285 g/mol. The van der Waals surface area contributed by atoms with Gasteiger partial charge in [0.05, 0.1) is 12.7 Å². The molecule has 112 valence electrons. The summed E-state index contributed by atoms with van der Waals surface area (Å²) >= 11 is 0. The van der Waals surface area contributed by atoms with Crippen LogP contribution in [0.2, 0.25) is 0 Å². The SMILES string of the molecule is COc1ccc(C(N)CC2(OC)CCC2)c2ccccc12. The van der Waals surface area contributed by atoms with Gasteiger partial charge < -0.3 is 15.2 Å². The van der Waals surface area contributed by atoms with Crippen molar-refractivity contribution in [3.05, 3.63) is 42.0 Å². The lowest BCUT2D eigenvalue weighted by atomic mass is 9.74. The third-order valence-electron chi connectivity index (χ3n) is 4.83. The third-order valence-corrected chi connectivity index (χ3v) is 4.83. The zero-order valence-electron chi connectivity index (χ0n) is 12.8. The molecule has 1 atom stereocenters. The molecule has 0 heterocycles. The van der Waals surface area contributed by atoms with Crippen LogP contribution >= 0.6 is 0 Å². The second kappa shape index (κ2) is 5.66. The highest BCUT2D eigenvalue weighted by atomic mass is 16.5. The van der Waals surface area contributed by atoms with Crippen LogP contribution in [0.5, 0.6) is 5.75 Å². The Morgan fingerprint density at radius 2 is 1.81 bits per heavy atom. The molecule has 0 saturated heterocycles. The summed E-state index contributed by atoms with van der Waals surface area (Å²) in [6.45, 7) is 0. The largest absolute Gasteiger partial charge is 0.496 e. The van der Waals surface area contributed by atoms with Gasteiger partial charge in [0.1, 0.15) is 5.75 Å². The predicted molar refractivity (Wildman–Crippen MR) is 85.6 cm³/mol. The van der Waals surface area contributed by atoms with E-state index in [9.17, 15) is 0 Å². The van der Waals surface area contributed by atoms with E-state index < -0.39 is 0 Å². The number of hydrogen-bond acceptors (Lipinski definition) is 3. The molecular formula is C18H23NO2. The maximum Gasteiger partial charge on any atom is 0.126 e. The molecule has 0 aliphatic heterocycles. The van der Waals surface area contributed by atoms with Crippen molar-refractivity contribution < 1.29 is 9.47 Å². The molecule has 3 rings (SSSR count). The second-order valence-electron chi connectivity index (χ2n) is 5.95. The summed E-state index contributed by atoms with van der Waals surface area (Å²) in [4.78, 5) is 0. The van der Waals surface area contributed by atoms with Crippen molar-refractivity contribution in [3.63, 3.8) is 0 Å². The van der Waals surface area contributed by atoms with Crippen molar-refractivity contribution in [3.8, 4) is 5.75 Å². The van der Waals surface area contributed by atoms with Crippen LogP contribution in [0, 0.1) is 0 Å². The van der Waals surface area contributed by atoms with E-state index in [1.165, 1.54) is 17.4 Å². The van der Waals surface area contributed by atoms with Crippen LogP contribution in [0.1, 0.15) is 37.3 Å². The molecule has 1 aliphatic carbocycles. The fraction of sp³-hybridized carbons (Fsp3) is 0.444. The summed E-state index contributed by atoms with van der Waals surface area (Å²) < 4.78 is 11.2. The minimum atomic E-state index is -0.0134. The number of rotatable bonds is 5. The van der Waals surface area contributed by atoms with Crippen molar-refractivity contribution in [2.24, 2.45) is 5.73 Å². The van der Waals surface area contributed by atoms with Gasteiger partial charge in [-0.25, -0.2) is 0 Å². The Morgan fingerprint density at radius 3 is 2.38 bits per heavy atom. The van der Waals surface area contributed by atoms with E-state index in [0.29, 0.717) is 0 Å².